The molecule has 2 heterocycles. The van der Waals surface area contributed by atoms with Crippen molar-refractivity contribution in [2.75, 3.05) is 45.7 Å². The number of nitrogens with zero attached hydrogens (tertiary/aromatic N) is 2. The van der Waals surface area contributed by atoms with Gasteiger partial charge in [-0.1, -0.05) is 17.8 Å². The first-order valence-electron chi connectivity index (χ1n) is 13.4. The molecule has 12 heteroatoms. The molecule has 2 aromatic carbocycles. The Morgan fingerprint density at radius 3 is 2.24 bits per heavy atom. The van der Waals surface area contributed by atoms with Gasteiger partial charge in [0.05, 0.1) is 11.1 Å². The summed E-state index contributed by atoms with van der Waals surface area (Å²) >= 11 is 0.580. The van der Waals surface area contributed by atoms with E-state index in [9.17, 15) is 31.1 Å². The van der Waals surface area contributed by atoms with E-state index in [0.29, 0.717) is 54.7 Å². The molecule has 2 aromatic rings. The summed E-state index contributed by atoms with van der Waals surface area (Å²) < 4.78 is 90.9. The van der Waals surface area contributed by atoms with E-state index in [4.69, 9.17) is 4.74 Å². The molecule has 0 radical (unpaired) electrons. The number of hydrogen-bond donors (Lipinski definition) is 1. The van der Waals surface area contributed by atoms with Gasteiger partial charge < -0.3 is 19.9 Å². The third-order valence-electron chi connectivity index (χ3n) is 7.32. The Hall–Kier alpha value is -2.70. The number of nitrogens with one attached hydrogen (secondary N) is 1. The van der Waals surface area contributed by atoms with Gasteiger partial charge in [-0.3, -0.25) is 4.79 Å². The molecule has 2 aliphatic rings. The number of benzene rings is 2. The van der Waals surface area contributed by atoms with E-state index < -0.39 is 39.7 Å². The summed E-state index contributed by atoms with van der Waals surface area (Å²) in [6, 6.07) is 8.80. The predicted octanol–water partition coefficient (Wildman–Crippen LogP) is 7.19. The van der Waals surface area contributed by atoms with Gasteiger partial charge in [0.25, 0.3) is 0 Å². The number of allylic oxidation sites excluding steroid dienone is 1. The largest absolute Gasteiger partial charge is 0.418 e. The summed E-state index contributed by atoms with van der Waals surface area (Å²) in [5.41, 5.74) is -4.20. The molecule has 41 heavy (non-hydrogen) atoms. The SMILES string of the molecule is CN(C)C1CCN(C=CC(=O)c2ccc(Sc3cccc(NC4CCOCC4)c3)c(C(F)(F)F)c2C(F)(F)F)CC1. The van der Waals surface area contributed by atoms with Crippen LogP contribution in [0.5, 0.6) is 0 Å². The zero-order valence-electron chi connectivity index (χ0n) is 22.8. The zero-order valence-corrected chi connectivity index (χ0v) is 23.6. The quantitative estimate of drug-likeness (QED) is 0.196. The highest BCUT2D eigenvalue weighted by Gasteiger charge is 2.47. The lowest BCUT2D eigenvalue weighted by molar-refractivity contribution is -0.163. The van der Waals surface area contributed by atoms with Crippen LogP contribution >= 0.6 is 11.8 Å². The van der Waals surface area contributed by atoms with Crippen LogP contribution in [-0.4, -0.2) is 68.1 Å². The molecule has 0 unspecified atom stereocenters. The second kappa shape index (κ2) is 13.1. The van der Waals surface area contributed by atoms with Crippen molar-refractivity contribution < 1.29 is 35.9 Å². The highest BCUT2D eigenvalue weighted by molar-refractivity contribution is 7.99. The minimum absolute atomic E-state index is 0.129. The first-order valence-corrected chi connectivity index (χ1v) is 14.2. The van der Waals surface area contributed by atoms with E-state index in [1.165, 1.54) is 12.3 Å². The highest BCUT2D eigenvalue weighted by Crippen LogP contribution is 2.48. The number of alkyl halides is 6. The Bertz CT molecular complexity index is 1230. The number of ether oxygens (including phenoxy) is 1. The molecule has 0 bridgehead atoms. The van der Waals surface area contributed by atoms with E-state index in [-0.39, 0.29) is 6.04 Å². The zero-order chi connectivity index (χ0) is 29.8. The molecule has 2 aliphatic heterocycles. The molecule has 5 nitrogen and oxygen atoms in total. The van der Waals surface area contributed by atoms with Gasteiger partial charge in [-0.25, -0.2) is 0 Å². The summed E-state index contributed by atoms with van der Waals surface area (Å²) in [5, 5.41) is 3.31. The fourth-order valence-corrected chi connectivity index (χ4v) is 6.16. The van der Waals surface area contributed by atoms with Crippen molar-refractivity contribution in [3.63, 3.8) is 0 Å². The number of anilines is 1. The van der Waals surface area contributed by atoms with Crippen LogP contribution in [0.4, 0.5) is 32.0 Å². The van der Waals surface area contributed by atoms with Crippen molar-refractivity contribution in [3.8, 4) is 0 Å². The van der Waals surface area contributed by atoms with Gasteiger partial charge in [0.1, 0.15) is 0 Å². The summed E-state index contributed by atoms with van der Waals surface area (Å²) in [7, 11) is 3.92. The Morgan fingerprint density at radius 2 is 1.63 bits per heavy atom. The van der Waals surface area contributed by atoms with Crippen molar-refractivity contribution in [2.45, 2.75) is 59.9 Å². The maximum Gasteiger partial charge on any atom is 0.418 e. The number of rotatable bonds is 8. The van der Waals surface area contributed by atoms with Crippen LogP contribution in [0.3, 0.4) is 0 Å². The number of carbonyl (C=O) groups is 1. The summed E-state index contributed by atoms with van der Waals surface area (Å²) in [5.74, 6) is -1.13. The smallest absolute Gasteiger partial charge is 0.382 e. The van der Waals surface area contributed by atoms with Crippen LogP contribution in [-0.2, 0) is 17.1 Å². The maximum atomic E-state index is 14.3. The Labute approximate surface area is 239 Å². The third kappa shape index (κ3) is 8.20. The number of ketones is 1. The minimum atomic E-state index is -5.41. The van der Waals surface area contributed by atoms with Crippen LogP contribution in [0, 0.1) is 0 Å². The van der Waals surface area contributed by atoms with Crippen LogP contribution < -0.4 is 5.32 Å². The van der Waals surface area contributed by atoms with Crippen molar-refractivity contribution in [1.82, 2.24) is 9.80 Å². The molecular weight excluding hydrogens is 568 g/mol. The molecule has 4 rings (SSSR count). The topological polar surface area (TPSA) is 44.8 Å². The predicted molar refractivity (Wildman–Crippen MR) is 146 cm³/mol. The lowest BCUT2D eigenvalue weighted by Gasteiger charge is -2.34. The van der Waals surface area contributed by atoms with Crippen LogP contribution in [0.25, 0.3) is 0 Å². The van der Waals surface area contributed by atoms with Gasteiger partial charge >= 0.3 is 12.4 Å². The lowest BCUT2D eigenvalue weighted by atomic mass is 9.96. The average Bonchev–Trinajstić information content (AvgIpc) is 2.91. The Morgan fingerprint density at radius 1 is 0.976 bits per heavy atom. The molecule has 0 aliphatic carbocycles. The van der Waals surface area contributed by atoms with Crippen LogP contribution in [0.2, 0.25) is 0 Å². The fraction of sp³-hybridized carbons (Fsp3) is 0.483. The molecule has 2 fully saturated rings. The fourth-order valence-electron chi connectivity index (χ4n) is 5.12. The van der Waals surface area contributed by atoms with Crippen molar-refractivity contribution >= 4 is 23.2 Å². The van der Waals surface area contributed by atoms with Crippen LogP contribution in [0.15, 0.2) is 58.5 Å². The van der Waals surface area contributed by atoms with E-state index >= 15 is 0 Å². The Kier molecular flexibility index (Phi) is 9.97. The minimum Gasteiger partial charge on any atom is -0.382 e. The van der Waals surface area contributed by atoms with E-state index in [1.54, 1.807) is 23.1 Å². The molecule has 2 saturated heterocycles. The van der Waals surface area contributed by atoms with Crippen molar-refractivity contribution in [2.24, 2.45) is 0 Å². The average molecular weight is 602 g/mol. The van der Waals surface area contributed by atoms with Gasteiger partial charge in [-0.15, -0.1) is 0 Å². The van der Waals surface area contributed by atoms with Gasteiger partial charge in [0, 0.05) is 71.7 Å². The van der Waals surface area contributed by atoms with Gasteiger partial charge in [-0.2, -0.15) is 26.3 Å². The normalized spacial score (nSPS) is 17.9. The monoisotopic (exact) mass is 601 g/mol. The van der Waals surface area contributed by atoms with Gasteiger partial charge in [0.2, 0.25) is 0 Å². The number of hydrogen-bond acceptors (Lipinski definition) is 6. The summed E-state index contributed by atoms with van der Waals surface area (Å²) in [4.78, 5) is 16.5. The molecule has 0 aromatic heterocycles. The molecular formula is C29H33F6N3O2S. The standard InChI is InChI=1S/C29H33F6N3O2S/c1-37(2)21-8-13-38(14-9-21)15-10-24(39)23-6-7-25(27(29(33,34)35)26(23)28(30,31)32)41-22-5-3-4-20(18-22)36-19-11-16-40-17-12-19/h3-7,10,15,18-19,21,36H,8-9,11-14,16-17H2,1-2H3. The van der Waals surface area contributed by atoms with E-state index in [2.05, 4.69) is 10.2 Å². The van der Waals surface area contributed by atoms with Crippen LogP contribution in [0.1, 0.15) is 47.2 Å². The number of likely N-dealkylation sites (tertiary alicyclic amines) is 1. The molecule has 1 N–H and O–H groups in total. The molecule has 0 saturated carbocycles. The van der Waals surface area contributed by atoms with Gasteiger partial charge in [-0.05, 0) is 70.1 Å². The molecule has 0 atom stereocenters. The lowest BCUT2D eigenvalue weighted by Crippen LogP contribution is -2.39. The first kappa shape index (κ1) is 31.2. The molecule has 0 amide bonds. The molecule has 224 valence electrons. The Balaban J connectivity index is 1.62. The summed E-state index contributed by atoms with van der Waals surface area (Å²) in [6.45, 7) is 2.36. The molecule has 0 spiro atoms. The maximum absolute atomic E-state index is 14.3. The number of halogens is 6. The van der Waals surface area contributed by atoms with E-state index in [1.807, 2.05) is 14.1 Å². The van der Waals surface area contributed by atoms with Crippen molar-refractivity contribution in [3.05, 3.63) is 65.4 Å². The van der Waals surface area contributed by atoms with Crippen molar-refractivity contribution in [1.29, 1.82) is 0 Å². The summed E-state index contributed by atoms with van der Waals surface area (Å²) in [6.07, 6.45) is -5.31. The van der Waals surface area contributed by atoms with E-state index in [0.717, 1.165) is 43.9 Å². The highest BCUT2D eigenvalue weighted by atomic mass is 32.2. The second-order valence-corrected chi connectivity index (χ2v) is 11.5. The first-order chi connectivity index (χ1) is 19.3. The number of carbonyl (C=O) groups excluding carboxylic acids is 1. The second-order valence-electron chi connectivity index (χ2n) is 10.4. The van der Waals surface area contributed by atoms with Gasteiger partial charge in [0.15, 0.2) is 5.78 Å². The third-order valence-corrected chi connectivity index (χ3v) is 8.37. The number of piperidine rings is 1.